The maximum Gasteiger partial charge on any atom is 0.328 e. The molecule has 0 aliphatic carbocycles. The second-order valence-corrected chi connectivity index (χ2v) is 2.76. The minimum absolute atomic E-state index is 0.529. The Labute approximate surface area is 70.8 Å². The van der Waals surface area contributed by atoms with Gasteiger partial charge in [0.05, 0.1) is 6.20 Å². The SMILES string of the molecule is CC[C@H](C(=O)O)n1cc(C)cn1. The van der Waals surface area contributed by atoms with Crippen molar-refractivity contribution in [2.75, 3.05) is 0 Å². The van der Waals surface area contributed by atoms with Gasteiger partial charge in [0.2, 0.25) is 0 Å². The number of carbonyl (C=O) groups is 1. The molecule has 4 heteroatoms. The molecule has 1 atom stereocenters. The Hall–Kier alpha value is -1.32. The third-order valence-electron chi connectivity index (χ3n) is 1.72. The standard InChI is InChI=1S/C8H12N2O2/c1-3-7(8(11)12)10-5-6(2)4-9-10/h4-5,7H,3H2,1-2H3,(H,11,12)/t7-/m1/s1. The Bertz CT molecular complexity index is 280. The molecule has 0 saturated heterocycles. The normalized spacial score (nSPS) is 12.8. The Balaban J connectivity index is 2.87. The van der Waals surface area contributed by atoms with Crippen molar-refractivity contribution in [2.45, 2.75) is 26.3 Å². The summed E-state index contributed by atoms with van der Waals surface area (Å²) in [6, 6.07) is -0.529. The maximum atomic E-state index is 10.7. The predicted octanol–water partition coefficient (Wildman–Crippen LogP) is 1.23. The number of aliphatic carboxylic acids is 1. The summed E-state index contributed by atoms with van der Waals surface area (Å²) in [6.07, 6.45) is 3.95. The third kappa shape index (κ3) is 1.64. The Kier molecular flexibility index (Phi) is 2.47. The highest BCUT2D eigenvalue weighted by molar-refractivity contribution is 5.71. The predicted molar refractivity (Wildman–Crippen MR) is 43.9 cm³/mol. The fourth-order valence-corrected chi connectivity index (χ4v) is 1.08. The lowest BCUT2D eigenvalue weighted by atomic mass is 10.2. The molecule has 0 bridgehead atoms. The largest absolute Gasteiger partial charge is 0.480 e. The van der Waals surface area contributed by atoms with E-state index in [9.17, 15) is 4.79 Å². The number of aryl methyl sites for hydroxylation is 1. The summed E-state index contributed by atoms with van der Waals surface area (Å²) in [4.78, 5) is 10.7. The fourth-order valence-electron chi connectivity index (χ4n) is 1.08. The van der Waals surface area contributed by atoms with Crippen molar-refractivity contribution in [1.29, 1.82) is 0 Å². The second kappa shape index (κ2) is 3.38. The molecule has 0 aromatic carbocycles. The first-order chi connectivity index (χ1) is 5.65. The van der Waals surface area contributed by atoms with Crippen LogP contribution >= 0.6 is 0 Å². The van der Waals surface area contributed by atoms with E-state index in [-0.39, 0.29) is 0 Å². The zero-order valence-electron chi connectivity index (χ0n) is 7.19. The molecule has 4 nitrogen and oxygen atoms in total. The zero-order chi connectivity index (χ0) is 9.14. The van der Waals surface area contributed by atoms with Crippen molar-refractivity contribution in [3.8, 4) is 0 Å². The molecule has 1 aromatic heterocycles. The number of hydrogen-bond acceptors (Lipinski definition) is 2. The van der Waals surface area contributed by atoms with Gasteiger partial charge in [0.1, 0.15) is 6.04 Å². The molecule has 1 heterocycles. The van der Waals surface area contributed by atoms with Crippen molar-refractivity contribution >= 4 is 5.97 Å². The molecular weight excluding hydrogens is 156 g/mol. The van der Waals surface area contributed by atoms with E-state index in [2.05, 4.69) is 5.10 Å². The van der Waals surface area contributed by atoms with E-state index < -0.39 is 12.0 Å². The van der Waals surface area contributed by atoms with E-state index >= 15 is 0 Å². The zero-order valence-corrected chi connectivity index (χ0v) is 7.19. The number of nitrogens with zero attached hydrogens (tertiary/aromatic N) is 2. The summed E-state index contributed by atoms with van der Waals surface area (Å²) in [7, 11) is 0. The third-order valence-corrected chi connectivity index (χ3v) is 1.72. The van der Waals surface area contributed by atoms with Crippen LogP contribution in [0.4, 0.5) is 0 Å². The van der Waals surface area contributed by atoms with Gasteiger partial charge in [0, 0.05) is 6.20 Å². The molecular formula is C8H12N2O2. The van der Waals surface area contributed by atoms with E-state index in [4.69, 9.17) is 5.11 Å². The Morgan fingerprint density at radius 3 is 2.83 bits per heavy atom. The van der Waals surface area contributed by atoms with Crippen LogP contribution in [0.1, 0.15) is 24.9 Å². The van der Waals surface area contributed by atoms with Crippen molar-refractivity contribution < 1.29 is 9.90 Å². The molecule has 0 aliphatic heterocycles. The lowest BCUT2D eigenvalue weighted by Gasteiger charge is -2.08. The van der Waals surface area contributed by atoms with Crippen molar-refractivity contribution in [1.82, 2.24) is 9.78 Å². The van der Waals surface area contributed by atoms with Crippen molar-refractivity contribution in [3.05, 3.63) is 18.0 Å². The number of aromatic nitrogens is 2. The lowest BCUT2D eigenvalue weighted by molar-refractivity contribution is -0.141. The van der Waals surface area contributed by atoms with Gasteiger partial charge < -0.3 is 5.11 Å². The minimum atomic E-state index is -0.833. The van der Waals surface area contributed by atoms with Crippen molar-refractivity contribution in [2.24, 2.45) is 0 Å². The van der Waals surface area contributed by atoms with Crippen LogP contribution in [-0.2, 0) is 4.79 Å². The first-order valence-electron chi connectivity index (χ1n) is 3.88. The highest BCUT2D eigenvalue weighted by Gasteiger charge is 2.16. The van der Waals surface area contributed by atoms with E-state index in [1.165, 1.54) is 4.68 Å². The summed E-state index contributed by atoms with van der Waals surface area (Å²) < 4.78 is 1.48. The molecule has 0 fully saturated rings. The average molecular weight is 168 g/mol. The average Bonchev–Trinajstić information content (AvgIpc) is 2.37. The van der Waals surface area contributed by atoms with Crippen LogP contribution in [0, 0.1) is 6.92 Å². The molecule has 66 valence electrons. The smallest absolute Gasteiger partial charge is 0.328 e. The molecule has 0 radical (unpaired) electrons. The van der Waals surface area contributed by atoms with Gasteiger partial charge in [-0.2, -0.15) is 5.10 Å². The first kappa shape index (κ1) is 8.77. The van der Waals surface area contributed by atoms with Crippen LogP contribution in [0.5, 0.6) is 0 Å². The summed E-state index contributed by atoms with van der Waals surface area (Å²) >= 11 is 0. The quantitative estimate of drug-likeness (QED) is 0.738. The summed E-state index contributed by atoms with van der Waals surface area (Å²) in [5.41, 5.74) is 0.981. The minimum Gasteiger partial charge on any atom is -0.480 e. The van der Waals surface area contributed by atoms with Gasteiger partial charge in [-0.05, 0) is 18.9 Å². The molecule has 0 saturated carbocycles. The molecule has 0 amide bonds. The number of carboxylic acid groups (broad SMARTS) is 1. The topological polar surface area (TPSA) is 55.1 Å². The Morgan fingerprint density at radius 1 is 1.83 bits per heavy atom. The summed E-state index contributed by atoms with van der Waals surface area (Å²) in [6.45, 7) is 3.72. The van der Waals surface area contributed by atoms with Gasteiger partial charge >= 0.3 is 5.97 Å². The monoisotopic (exact) mass is 168 g/mol. The molecule has 1 rings (SSSR count). The number of carboxylic acids is 1. The summed E-state index contributed by atoms with van der Waals surface area (Å²) in [5, 5.41) is 12.7. The number of rotatable bonds is 3. The Morgan fingerprint density at radius 2 is 2.50 bits per heavy atom. The lowest BCUT2D eigenvalue weighted by Crippen LogP contribution is -2.18. The van der Waals surface area contributed by atoms with Crippen molar-refractivity contribution in [3.63, 3.8) is 0 Å². The molecule has 0 aliphatic rings. The molecule has 1 N–H and O–H groups in total. The van der Waals surface area contributed by atoms with E-state index in [1.54, 1.807) is 12.4 Å². The molecule has 0 spiro atoms. The van der Waals surface area contributed by atoms with Gasteiger partial charge in [0.15, 0.2) is 0 Å². The molecule has 12 heavy (non-hydrogen) atoms. The van der Waals surface area contributed by atoms with Crippen LogP contribution in [0.3, 0.4) is 0 Å². The fraction of sp³-hybridized carbons (Fsp3) is 0.500. The molecule has 0 unspecified atom stereocenters. The maximum absolute atomic E-state index is 10.7. The second-order valence-electron chi connectivity index (χ2n) is 2.76. The first-order valence-corrected chi connectivity index (χ1v) is 3.88. The summed E-state index contributed by atoms with van der Waals surface area (Å²) in [5.74, 6) is -0.833. The van der Waals surface area contributed by atoms with Crippen LogP contribution in [0.2, 0.25) is 0 Å². The van der Waals surface area contributed by atoms with Gasteiger partial charge in [-0.3, -0.25) is 4.68 Å². The van der Waals surface area contributed by atoms with Gasteiger partial charge in [-0.25, -0.2) is 4.79 Å². The van der Waals surface area contributed by atoms with E-state index in [1.807, 2.05) is 13.8 Å². The molecule has 1 aromatic rings. The van der Waals surface area contributed by atoms with E-state index in [0.717, 1.165) is 5.56 Å². The van der Waals surface area contributed by atoms with E-state index in [0.29, 0.717) is 6.42 Å². The van der Waals surface area contributed by atoms with Gasteiger partial charge in [-0.15, -0.1) is 0 Å². The number of hydrogen-bond donors (Lipinski definition) is 1. The van der Waals surface area contributed by atoms with Crippen LogP contribution in [0.25, 0.3) is 0 Å². The van der Waals surface area contributed by atoms with Crippen LogP contribution < -0.4 is 0 Å². The van der Waals surface area contributed by atoms with Gasteiger partial charge in [-0.1, -0.05) is 6.92 Å². The van der Waals surface area contributed by atoms with Crippen LogP contribution in [-0.4, -0.2) is 20.9 Å². The highest BCUT2D eigenvalue weighted by atomic mass is 16.4. The van der Waals surface area contributed by atoms with Crippen LogP contribution in [0.15, 0.2) is 12.4 Å². The highest BCUT2D eigenvalue weighted by Crippen LogP contribution is 2.10. The van der Waals surface area contributed by atoms with Gasteiger partial charge in [0.25, 0.3) is 0 Å².